The summed E-state index contributed by atoms with van der Waals surface area (Å²) in [5, 5.41) is 4.32. The second-order valence-corrected chi connectivity index (χ2v) is 9.01. The first-order chi connectivity index (χ1) is 15.6. The summed E-state index contributed by atoms with van der Waals surface area (Å²) in [6.45, 7) is 1.62. The van der Waals surface area contributed by atoms with E-state index in [-0.39, 0.29) is 18.2 Å². The summed E-state index contributed by atoms with van der Waals surface area (Å²) in [4.78, 5) is 9.07. The lowest BCUT2D eigenvalue weighted by atomic mass is 10.0. The fourth-order valence-electron chi connectivity index (χ4n) is 4.71. The third-order valence-corrected chi connectivity index (χ3v) is 6.70. The maximum Gasteiger partial charge on any atom is 0.170 e. The molecule has 5 rings (SSSR count). The van der Waals surface area contributed by atoms with E-state index in [4.69, 9.17) is 17.0 Å². The van der Waals surface area contributed by atoms with E-state index in [1.54, 1.807) is 0 Å². The molecule has 2 aliphatic heterocycles. The minimum Gasteiger partial charge on any atom is -0.378 e. The molecule has 3 aromatic rings. The Balaban J connectivity index is 1.54. The molecule has 0 spiro atoms. The fraction of sp³-hybridized carbons (Fsp3) is 0.360. The molecule has 3 atom stereocenters. The Bertz CT molecular complexity index is 1060. The van der Waals surface area contributed by atoms with Crippen molar-refractivity contribution in [1.29, 1.82) is 0 Å². The third kappa shape index (κ3) is 3.98. The van der Waals surface area contributed by atoms with Crippen molar-refractivity contribution in [2.75, 3.05) is 32.1 Å². The van der Waals surface area contributed by atoms with Gasteiger partial charge in [0.05, 0.1) is 23.9 Å². The van der Waals surface area contributed by atoms with E-state index in [2.05, 4.69) is 87.4 Å². The number of anilines is 1. The van der Waals surface area contributed by atoms with Crippen LogP contribution in [-0.2, 0) is 4.74 Å². The van der Waals surface area contributed by atoms with Gasteiger partial charge in [0.2, 0.25) is 0 Å². The Morgan fingerprint density at radius 2 is 1.97 bits per heavy atom. The molecule has 6 nitrogen and oxygen atoms in total. The van der Waals surface area contributed by atoms with Crippen molar-refractivity contribution < 1.29 is 4.74 Å². The van der Waals surface area contributed by atoms with Crippen molar-refractivity contribution >= 4 is 23.0 Å². The van der Waals surface area contributed by atoms with E-state index < -0.39 is 0 Å². The highest BCUT2D eigenvalue weighted by Crippen LogP contribution is 2.40. The van der Waals surface area contributed by atoms with Crippen LogP contribution in [0.25, 0.3) is 5.69 Å². The summed E-state index contributed by atoms with van der Waals surface area (Å²) < 4.78 is 8.23. The molecule has 166 valence electrons. The molecule has 3 unspecified atom stereocenters. The van der Waals surface area contributed by atoms with Crippen LogP contribution in [0.5, 0.6) is 0 Å². The normalized spacial score (nSPS) is 22.9. The number of thiocarbonyl (C=S) groups is 1. The summed E-state index contributed by atoms with van der Waals surface area (Å²) in [6, 6.07) is 19.0. The van der Waals surface area contributed by atoms with Crippen molar-refractivity contribution in [3.8, 4) is 5.69 Å². The molecule has 0 amide bonds. The average molecular weight is 448 g/mol. The van der Waals surface area contributed by atoms with Crippen molar-refractivity contribution in [3.63, 3.8) is 0 Å². The molecule has 4 heterocycles. The monoisotopic (exact) mass is 447 g/mol. The van der Waals surface area contributed by atoms with Crippen LogP contribution in [0.4, 0.5) is 5.69 Å². The van der Waals surface area contributed by atoms with Crippen molar-refractivity contribution in [3.05, 3.63) is 78.4 Å². The van der Waals surface area contributed by atoms with E-state index in [0.717, 1.165) is 42.5 Å². The second kappa shape index (κ2) is 8.92. The summed E-state index contributed by atoms with van der Waals surface area (Å²) in [5.41, 5.74) is 4.48. The minimum atomic E-state index is -0.0280. The van der Waals surface area contributed by atoms with Crippen LogP contribution in [-0.4, -0.2) is 52.9 Å². The molecule has 2 saturated heterocycles. The van der Waals surface area contributed by atoms with Gasteiger partial charge in [0.1, 0.15) is 0 Å². The Morgan fingerprint density at radius 3 is 2.66 bits per heavy atom. The zero-order valence-electron chi connectivity index (χ0n) is 18.5. The van der Waals surface area contributed by atoms with Crippen LogP contribution >= 0.6 is 12.2 Å². The molecule has 0 bridgehead atoms. The number of hydrogen-bond donors (Lipinski definition) is 1. The smallest absolute Gasteiger partial charge is 0.170 e. The predicted molar refractivity (Wildman–Crippen MR) is 131 cm³/mol. The lowest BCUT2D eigenvalue weighted by Gasteiger charge is -2.30. The molecular weight excluding hydrogens is 418 g/mol. The van der Waals surface area contributed by atoms with Crippen LogP contribution < -0.4 is 10.2 Å². The largest absolute Gasteiger partial charge is 0.378 e. The van der Waals surface area contributed by atoms with Gasteiger partial charge in [0, 0.05) is 56.7 Å². The number of nitrogens with zero attached hydrogens (tertiary/aromatic N) is 4. The van der Waals surface area contributed by atoms with Gasteiger partial charge in [-0.1, -0.05) is 6.07 Å². The Kier molecular flexibility index (Phi) is 5.85. The topological polar surface area (TPSA) is 45.6 Å². The first-order valence-corrected chi connectivity index (χ1v) is 11.6. The van der Waals surface area contributed by atoms with E-state index in [9.17, 15) is 0 Å². The van der Waals surface area contributed by atoms with E-state index in [1.165, 1.54) is 11.4 Å². The Labute approximate surface area is 194 Å². The lowest BCUT2D eigenvalue weighted by molar-refractivity contribution is 0.0836. The number of hydrogen-bond acceptors (Lipinski definition) is 4. The fourth-order valence-corrected chi connectivity index (χ4v) is 5.03. The third-order valence-electron chi connectivity index (χ3n) is 6.35. The van der Waals surface area contributed by atoms with Crippen molar-refractivity contribution in [2.45, 2.75) is 31.0 Å². The molecule has 1 N–H and O–H groups in total. The number of ether oxygens (including phenoxy) is 1. The minimum absolute atomic E-state index is 0.0186. The Morgan fingerprint density at radius 1 is 1.12 bits per heavy atom. The second-order valence-electron chi connectivity index (χ2n) is 8.63. The van der Waals surface area contributed by atoms with Gasteiger partial charge in [-0.25, -0.2) is 0 Å². The molecule has 1 aromatic carbocycles. The molecule has 0 saturated carbocycles. The van der Waals surface area contributed by atoms with Crippen LogP contribution in [0, 0.1) is 0 Å². The van der Waals surface area contributed by atoms with Gasteiger partial charge in [0.15, 0.2) is 5.11 Å². The first-order valence-electron chi connectivity index (χ1n) is 11.2. The van der Waals surface area contributed by atoms with Gasteiger partial charge in [-0.3, -0.25) is 4.98 Å². The average Bonchev–Trinajstić information content (AvgIpc) is 3.56. The maximum absolute atomic E-state index is 5.96. The van der Waals surface area contributed by atoms with Crippen molar-refractivity contribution in [2.24, 2.45) is 0 Å². The quantitative estimate of drug-likeness (QED) is 0.575. The number of aromatic nitrogens is 2. The summed E-state index contributed by atoms with van der Waals surface area (Å²) in [5.74, 6) is 0. The molecule has 0 radical (unpaired) electrons. The van der Waals surface area contributed by atoms with E-state index in [0.29, 0.717) is 0 Å². The van der Waals surface area contributed by atoms with Crippen molar-refractivity contribution in [1.82, 2.24) is 19.8 Å². The highest BCUT2D eigenvalue weighted by molar-refractivity contribution is 7.80. The van der Waals surface area contributed by atoms with Crippen LogP contribution in [0.3, 0.4) is 0 Å². The summed E-state index contributed by atoms with van der Waals surface area (Å²) in [6.07, 6.45) is 6.37. The highest BCUT2D eigenvalue weighted by Gasteiger charge is 2.42. The van der Waals surface area contributed by atoms with Crippen LogP contribution in [0.1, 0.15) is 36.3 Å². The van der Waals surface area contributed by atoms with Gasteiger partial charge < -0.3 is 24.4 Å². The molecule has 2 fully saturated rings. The van der Waals surface area contributed by atoms with Gasteiger partial charge >= 0.3 is 0 Å². The van der Waals surface area contributed by atoms with Crippen LogP contribution in [0.2, 0.25) is 0 Å². The van der Waals surface area contributed by atoms with E-state index in [1.807, 2.05) is 18.3 Å². The van der Waals surface area contributed by atoms with Gasteiger partial charge in [-0.05, 0) is 73.6 Å². The number of rotatable bonds is 6. The number of pyridine rings is 1. The molecular formula is C25H29N5OS. The first kappa shape index (κ1) is 21.0. The number of nitrogens with one attached hydrogen (secondary N) is 1. The summed E-state index contributed by atoms with van der Waals surface area (Å²) >= 11 is 5.83. The highest BCUT2D eigenvalue weighted by atomic mass is 32.1. The molecule has 2 aliphatic rings. The SMILES string of the molecule is CN(C)c1ccc(-n2cccc2C2C(c3ccccn3)NC(=S)N2CC2CCCO2)cc1. The molecule has 0 aliphatic carbocycles. The standard InChI is InChI=1S/C25H29N5OS/c1-28(2)18-10-12-19(13-11-18)29-15-5-9-22(29)24-23(21-8-3-4-14-26-21)27-25(32)30(24)17-20-7-6-16-31-20/h3-5,8-15,20,23-24H,6-7,16-17H2,1-2H3,(H,27,32). The molecule has 2 aromatic heterocycles. The van der Waals surface area contributed by atoms with Gasteiger partial charge in [-0.2, -0.15) is 0 Å². The number of benzene rings is 1. The Hall–Kier alpha value is -2.90. The predicted octanol–water partition coefficient (Wildman–Crippen LogP) is 4.09. The zero-order chi connectivity index (χ0) is 22.1. The summed E-state index contributed by atoms with van der Waals surface area (Å²) in [7, 11) is 4.11. The molecule has 32 heavy (non-hydrogen) atoms. The maximum atomic E-state index is 5.96. The van der Waals surface area contributed by atoms with Gasteiger partial charge in [0.25, 0.3) is 0 Å². The van der Waals surface area contributed by atoms with E-state index >= 15 is 0 Å². The lowest BCUT2D eigenvalue weighted by Crippen LogP contribution is -2.36. The zero-order valence-corrected chi connectivity index (χ0v) is 19.3. The van der Waals surface area contributed by atoms with Gasteiger partial charge in [-0.15, -0.1) is 0 Å². The molecule has 7 heteroatoms. The van der Waals surface area contributed by atoms with Crippen LogP contribution in [0.15, 0.2) is 67.0 Å².